The van der Waals surface area contributed by atoms with Crippen LogP contribution in [0.3, 0.4) is 0 Å². The second kappa shape index (κ2) is 4.30. The Hall–Kier alpha value is 0. The van der Waals surface area contributed by atoms with Crippen molar-refractivity contribution in [2.75, 3.05) is 0 Å². The van der Waals surface area contributed by atoms with E-state index in [0.717, 1.165) is 5.92 Å². The highest BCUT2D eigenvalue weighted by Gasteiger charge is 2.23. The van der Waals surface area contributed by atoms with Crippen LogP contribution in [0.25, 0.3) is 0 Å². The lowest BCUT2D eigenvalue weighted by Crippen LogP contribution is -2.09. The minimum Gasteiger partial charge on any atom is -0.0654 e. The highest BCUT2D eigenvalue weighted by Crippen LogP contribution is 2.37. The van der Waals surface area contributed by atoms with Crippen molar-refractivity contribution in [2.24, 2.45) is 11.3 Å². The molecule has 1 saturated carbocycles. The summed E-state index contributed by atoms with van der Waals surface area (Å²) < 4.78 is 0. The molecule has 1 rings (SSSR count). The lowest BCUT2D eigenvalue weighted by atomic mass is 9.84. The Kier molecular flexibility index (Phi) is 3.61. The predicted molar refractivity (Wildman–Crippen MR) is 55.3 cm³/mol. The van der Waals surface area contributed by atoms with Gasteiger partial charge in [0, 0.05) is 0 Å². The highest BCUT2D eigenvalue weighted by atomic mass is 14.3. The normalized spacial score (nSPS) is 29.8. The van der Waals surface area contributed by atoms with Gasteiger partial charge in [0.25, 0.3) is 0 Å². The monoisotopic (exact) mass is 168 g/mol. The second-order valence-electron chi connectivity index (χ2n) is 5.25. The van der Waals surface area contributed by atoms with Gasteiger partial charge in [-0.2, -0.15) is 0 Å². The summed E-state index contributed by atoms with van der Waals surface area (Å²) in [6.07, 6.45) is 10.2. The van der Waals surface area contributed by atoms with E-state index in [9.17, 15) is 0 Å². The summed E-state index contributed by atoms with van der Waals surface area (Å²) in [7, 11) is 0. The molecule has 1 unspecified atom stereocenters. The van der Waals surface area contributed by atoms with Crippen molar-refractivity contribution in [3.05, 3.63) is 0 Å². The average molecular weight is 168 g/mol. The quantitative estimate of drug-likeness (QED) is 0.536. The third kappa shape index (κ3) is 3.16. The Balaban J connectivity index is 2.34. The SMILES string of the molecule is CCCC1CCCC(C)(C)CC1. The van der Waals surface area contributed by atoms with E-state index in [1.165, 1.54) is 44.9 Å². The van der Waals surface area contributed by atoms with Gasteiger partial charge in [0.15, 0.2) is 0 Å². The van der Waals surface area contributed by atoms with E-state index in [2.05, 4.69) is 20.8 Å². The molecule has 0 N–H and O–H groups in total. The first kappa shape index (κ1) is 10.1. The minimum absolute atomic E-state index is 0.641. The van der Waals surface area contributed by atoms with Gasteiger partial charge in [-0.25, -0.2) is 0 Å². The number of hydrogen-bond donors (Lipinski definition) is 0. The molecule has 0 heteroatoms. The van der Waals surface area contributed by atoms with E-state index in [4.69, 9.17) is 0 Å². The zero-order valence-electron chi connectivity index (χ0n) is 9.03. The van der Waals surface area contributed by atoms with Crippen molar-refractivity contribution in [1.82, 2.24) is 0 Å². The Labute approximate surface area is 77.7 Å². The van der Waals surface area contributed by atoms with Crippen molar-refractivity contribution >= 4 is 0 Å². The second-order valence-corrected chi connectivity index (χ2v) is 5.25. The van der Waals surface area contributed by atoms with Crippen LogP contribution >= 0.6 is 0 Å². The van der Waals surface area contributed by atoms with Crippen molar-refractivity contribution in [3.8, 4) is 0 Å². The molecule has 12 heavy (non-hydrogen) atoms. The zero-order chi connectivity index (χ0) is 9.03. The summed E-state index contributed by atoms with van der Waals surface area (Å²) in [4.78, 5) is 0. The molecule has 0 saturated heterocycles. The van der Waals surface area contributed by atoms with Crippen molar-refractivity contribution in [3.63, 3.8) is 0 Å². The molecule has 0 heterocycles. The van der Waals surface area contributed by atoms with Gasteiger partial charge in [0.1, 0.15) is 0 Å². The summed E-state index contributed by atoms with van der Waals surface area (Å²) in [6, 6.07) is 0. The van der Waals surface area contributed by atoms with Gasteiger partial charge in [-0.15, -0.1) is 0 Å². The average Bonchev–Trinajstić information content (AvgIpc) is 2.14. The lowest BCUT2D eigenvalue weighted by molar-refractivity contribution is 0.305. The van der Waals surface area contributed by atoms with E-state index in [-0.39, 0.29) is 0 Å². The van der Waals surface area contributed by atoms with Gasteiger partial charge in [0.05, 0.1) is 0 Å². The van der Waals surface area contributed by atoms with Crippen LogP contribution in [-0.4, -0.2) is 0 Å². The van der Waals surface area contributed by atoms with Gasteiger partial charge in [-0.1, -0.05) is 46.5 Å². The predicted octanol–water partition coefficient (Wildman–Crippen LogP) is 4.39. The Morgan fingerprint density at radius 3 is 2.58 bits per heavy atom. The van der Waals surface area contributed by atoms with Crippen LogP contribution < -0.4 is 0 Å². The van der Waals surface area contributed by atoms with Crippen molar-refractivity contribution < 1.29 is 0 Å². The Morgan fingerprint density at radius 2 is 1.92 bits per heavy atom. The van der Waals surface area contributed by atoms with Gasteiger partial charge >= 0.3 is 0 Å². The topological polar surface area (TPSA) is 0 Å². The maximum atomic E-state index is 2.43. The smallest absolute Gasteiger partial charge is 0.0354 e. The summed E-state index contributed by atoms with van der Waals surface area (Å²) in [5, 5.41) is 0. The van der Waals surface area contributed by atoms with Gasteiger partial charge in [-0.3, -0.25) is 0 Å². The number of rotatable bonds is 2. The third-order valence-corrected chi connectivity index (χ3v) is 3.39. The zero-order valence-corrected chi connectivity index (χ0v) is 9.03. The van der Waals surface area contributed by atoms with Crippen LogP contribution in [-0.2, 0) is 0 Å². The molecule has 1 fully saturated rings. The summed E-state index contributed by atoms with van der Waals surface area (Å²) in [6.45, 7) is 7.18. The van der Waals surface area contributed by atoms with Crippen molar-refractivity contribution in [1.29, 1.82) is 0 Å². The summed E-state index contributed by atoms with van der Waals surface area (Å²) in [5.41, 5.74) is 0.641. The molecule has 0 aliphatic heterocycles. The van der Waals surface area contributed by atoms with Gasteiger partial charge in [0.2, 0.25) is 0 Å². The molecule has 0 aromatic carbocycles. The molecule has 0 nitrogen and oxygen atoms in total. The van der Waals surface area contributed by atoms with E-state index in [0.29, 0.717) is 5.41 Å². The van der Waals surface area contributed by atoms with E-state index in [1.54, 1.807) is 0 Å². The van der Waals surface area contributed by atoms with E-state index >= 15 is 0 Å². The van der Waals surface area contributed by atoms with Crippen LogP contribution in [0.1, 0.15) is 65.7 Å². The molecular formula is C12H24. The largest absolute Gasteiger partial charge is 0.0654 e. The van der Waals surface area contributed by atoms with Gasteiger partial charge in [-0.05, 0) is 30.6 Å². The van der Waals surface area contributed by atoms with E-state index in [1.807, 2.05) is 0 Å². The molecule has 1 atom stereocenters. The number of hydrogen-bond acceptors (Lipinski definition) is 0. The highest BCUT2D eigenvalue weighted by molar-refractivity contribution is 4.75. The lowest BCUT2D eigenvalue weighted by Gasteiger charge is -2.21. The summed E-state index contributed by atoms with van der Waals surface area (Å²) in [5.74, 6) is 1.05. The molecule has 0 amide bonds. The molecule has 0 aromatic rings. The van der Waals surface area contributed by atoms with Crippen LogP contribution in [0.15, 0.2) is 0 Å². The fourth-order valence-corrected chi connectivity index (χ4v) is 2.43. The van der Waals surface area contributed by atoms with Crippen molar-refractivity contribution in [2.45, 2.75) is 65.7 Å². The first-order chi connectivity index (χ1) is 5.64. The third-order valence-electron chi connectivity index (χ3n) is 3.39. The Morgan fingerprint density at radius 1 is 1.17 bits per heavy atom. The maximum absolute atomic E-state index is 2.43. The fraction of sp³-hybridized carbons (Fsp3) is 1.00. The van der Waals surface area contributed by atoms with Crippen LogP contribution in [0.4, 0.5) is 0 Å². The van der Waals surface area contributed by atoms with Gasteiger partial charge < -0.3 is 0 Å². The first-order valence-electron chi connectivity index (χ1n) is 5.64. The minimum atomic E-state index is 0.641. The maximum Gasteiger partial charge on any atom is -0.0354 e. The molecule has 1 aliphatic carbocycles. The molecule has 0 bridgehead atoms. The summed E-state index contributed by atoms with van der Waals surface area (Å²) >= 11 is 0. The van der Waals surface area contributed by atoms with E-state index < -0.39 is 0 Å². The molecule has 1 aliphatic rings. The molecular weight excluding hydrogens is 144 g/mol. The molecule has 0 aromatic heterocycles. The molecule has 0 radical (unpaired) electrons. The standard InChI is InChI=1S/C12H24/c1-4-6-11-7-5-9-12(2,3)10-8-11/h11H,4-10H2,1-3H3. The molecule has 72 valence electrons. The van der Waals surface area contributed by atoms with Crippen LogP contribution in [0.5, 0.6) is 0 Å². The molecule has 0 spiro atoms. The van der Waals surface area contributed by atoms with Crippen LogP contribution in [0, 0.1) is 11.3 Å². The first-order valence-corrected chi connectivity index (χ1v) is 5.64. The van der Waals surface area contributed by atoms with Crippen LogP contribution in [0.2, 0.25) is 0 Å². The fourth-order valence-electron chi connectivity index (χ4n) is 2.43. The Bertz CT molecular complexity index is 124.